The van der Waals surface area contributed by atoms with Crippen LogP contribution < -0.4 is 5.32 Å². The summed E-state index contributed by atoms with van der Waals surface area (Å²) in [4.78, 5) is 2.55. The van der Waals surface area contributed by atoms with Crippen molar-refractivity contribution < 1.29 is 0 Å². The summed E-state index contributed by atoms with van der Waals surface area (Å²) in [6.45, 7) is 9.01. The van der Waals surface area contributed by atoms with Gasteiger partial charge >= 0.3 is 0 Å². The maximum Gasteiger partial charge on any atom is 0.0995 e. The molecule has 0 aliphatic carbocycles. The number of nitrogens with one attached hydrogen (secondary N) is 1. The normalized spacial score (nSPS) is 29.1. The smallest absolute Gasteiger partial charge is 0.0995 e. The molecule has 1 aromatic carbocycles. The van der Waals surface area contributed by atoms with Crippen LogP contribution in [0, 0.1) is 23.2 Å². The molecule has 2 fully saturated rings. The first kappa shape index (κ1) is 12.7. The minimum absolute atomic E-state index is 0.219. The molecule has 0 radical (unpaired) electrons. The van der Waals surface area contributed by atoms with Crippen LogP contribution in [0.25, 0.3) is 0 Å². The number of nitrogens with zero attached hydrogens (tertiary/aromatic N) is 2. The zero-order valence-corrected chi connectivity index (χ0v) is 11.7. The number of hydrogen-bond acceptors (Lipinski definition) is 3. The molecule has 1 aromatic rings. The summed E-state index contributed by atoms with van der Waals surface area (Å²) >= 11 is 0. The van der Waals surface area contributed by atoms with E-state index >= 15 is 0 Å². The molecule has 3 rings (SSSR count). The standard InChI is InChI=1S/C16H21N3/c1-16(2)15-9-18-8-14(15)11-19(16)10-13-6-4-3-5-12(13)7-17/h3-6,14-15,18H,8-11H2,1-2H3. The molecule has 2 unspecified atom stereocenters. The fraction of sp³-hybridized carbons (Fsp3) is 0.562. The van der Waals surface area contributed by atoms with Gasteiger partial charge in [0.25, 0.3) is 0 Å². The van der Waals surface area contributed by atoms with Gasteiger partial charge in [-0.3, -0.25) is 4.90 Å². The van der Waals surface area contributed by atoms with E-state index in [1.54, 1.807) is 0 Å². The Labute approximate surface area is 115 Å². The second-order valence-electron chi connectivity index (χ2n) is 6.33. The van der Waals surface area contributed by atoms with Crippen LogP contribution in [0.4, 0.5) is 0 Å². The maximum atomic E-state index is 9.21. The molecule has 100 valence electrons. The number of fused-ring (bicyclic) bond motifs is 1. The summed E-state index contributed by atoms with van der Waals surface area (Å²) in [6.07, 6.45) is 0. The van der Waals surface area contributed by atoms with Crippen LogP contribution in [0.1, 0.15) is 25.0 Å². The van der Waals surface area contributed by atoms with Gasteiger partial charge in [0.2, 0.25) is 0 Å². The van der Waals surface area contributed by atoms with Crippen molar-refractivity contribution in [2.45, 2.75) is 25.9 Å². The van der Waals surface area contributed by atoms with Gasteiger partial charge in [0.05, 0.1) is 11.6 Å². The van der Waals surface area contributed by atoms with Gasteiger partial charge in [-0.15, -0.1) is 0 Å². The number of hydrogen-bond donors (Lipinski definition) is 1. The van der Waals surface area contributed by atoms with E-state index in [2.05, 4.69) is 36.2 Å². The Balaban J connectivity index is 1.83. The van der Waals surface area contributed by atoms with E-state index in [9.17, 15) is 5.26 Å². The van der Waals surface area contributed by atoms with Crippen LogP contribution in [0.3, 0.4) is 0 Å². The molecule has 2 aliphatic rings. The Morgan fingerprint density at radius 1 is 1.37 bits per heavy atom. The summed E-state index contributed by atoms with van der Waals surface area (Å²) in [7, 11) is 0. The maximum absolute atomic E-state index is 9.21. The molecule has 0 bridgehead atoms. The lowest BCUT2D eigenvalue weighted by atomic mass is 9.84. The highest BCUT2D eigenvalue weighted by Gasteiger charge is 2.49. The van der Waals surface area contributed by atoms with Crippen molar-refractivity contribution in [1.82, 2.24) is 10.2 Å². The number of rotatable bonds is 2. The molecule has 0 amide bonds. The van der Waals surface area contributed by atoms with E-state index in [0.717, 1.165) is 49.1 Å². The van der Waals surface area contributed by atoms with Crippen molar-refractivity contribution in [3.05, 3.63) is 35.4 Å². The summed E-state index contributed by atoms with van der Waals surface area (Å²) in [5, 5.41) is 12.7. The topological polar surface area (TPSA) is 39.1 Å². The van der Waals surface area contributed by atoms with Crippen molar-refractivity contribution in [3.63, 3.8) is 0 Å². The van der Waals surface area contributed by atoms with E-state index in [1.165, 1.54) is 0 Å². The van der Waals surface area contributed by atoms with E-state index < -0.39 is 0 Å². The van der Waals surface area contributed by atoms with Gasteiger partial charge in [0, 0.05) is 25.2 Å². The molecule has 0 spiro atoms. The van der Waals surface area contributed by atoms with Gasteiger partial charge in [-0.2, -0.15) is 5.26 Å². The number of likely N-dealkylation sites (tertiary alicyclic amines) is 1. The average Bonchev–Trinajstić information content (AvgIpc) is 2.94. The second kappa shape index (κ2) is 4.63. The highest BCUT2D eigenvalue weighted by Crippen LogP contribution is 2.41. The van der Waals surface area contributed by atoms with Gasteiger partial charge < -0.3 is 5.32 Å². The Morgan fingerprint density at radius 2 is 2.16 bits per heavy atom. The molecular formula is C16H21N3. The zero-order valence-electron chi connectivity index (χ0n) is 11.7. The van der Waals surface area contributed by atoms with Crippen molar-refractivity contribution in [3.8, 4) is 6.07 Å². The van der Waals surface area contributed by atoms with E-state index in [1.807, 2.05) is 18.2 Å². The van der Waals surface area contributed by atoms with Gasteiger partial charge in [-0.1, -0.05) is 18.2 Å². The lowest BCUT2D eigenvalue weighted by Crippen LogP contribution is -2.44. The molecule has 0 aromatic heterocycles. The van der Waals surface area contributed by atoms with Gasteiger partial charge in [0.1, 0.15) is 0 Å². The van der Waals surface area contributed by atoms with E-state index in [4.69, 9.17) is 0 Å². The zero-order chi connectivity index (χ0) is 13.5. The highest BCUT2D eigenvalue weighted by molar-refractivity contribution is 5.37. The SMILES string of the molecule is CC1(C)C2CNCC2CN1Cc1ccccc1C#N. The van der Waals surface area contributed by atoms with Crippen LogP contribution in [-0.2, 0) is 6.54 Å². The first-order chi connectivity index (χ1) is 9.13. The predicted octanol–water partition coefficient (Wildman–Crippen LogP) is 1.99. The number of nitriles is 1. The summed E-state index contributed by atoms with van der Waals surface area (Å²) < 4.78 is 0. The lowest BCUT2D eigenvalue weighted by molar-refractivity contribution is 0.132. The molecule has 0 saturated carbocycles. The Morgan fingerprint density at radius 3 is 2.89 bits per heavy atom. The minimum atomic E-state index is 0.219. The van der Waals surface area contributed by atoms with Crippen LogP contribution in [-0.4, -0.2) is 30.1 Å². The molecule has 2 saturated heterocycles. The molecule has 19 heavy (non-hydrogen) atoms. The van der Waals surface area contributed by atoms with Crippen molar-refractivity contribution in [2.75, 3.05) is 19.6 Å². The Kier molecular flexibility index (Phi) is 3.08. The van der Waals surface area contributed by atoms with Gasteiger partial charge in [-0.25, -0.2) is 0 Å². The fourth-order valence-electron chi connectivity index (χ4n) is 3.75. The van der Waals surface area contributed by atoms with Gasteiger partial charge in [-0.05, 0) is 43.9 Å². The summed E-state index contributed by atoms with van der Waals surface area (Å²) in [5.74, 6) is 1.51. The van der Waals surface area contributed by atoms with E-state index in [0.29, 0.717) is 0 Å². The van der Waals surface area contributed by atoms with Crippen molar-refractivity contribution in [2.24, 2.45) is 11.8 Å². The average molecular weight is 255 g/mol. The van der Waals surface area contributed by atoms with Gasteiger partial charge in [0.15, 0.2) is 0 Å². The van der Waals surface area contributed by atoms with Crippen LogP contribution in [0.2, 0.25) is 0 Å². The quantitative estimate of drug-likeness (QED) is 0.878. The third-order valence-electron chi connectivity index (χ3n) is 5.02. The molecule has 1 N–H and O–H groups in total. The second-order valence-corrected chi connectivity index (χ2v) is 6.33. The summed E-state index contributed by atoms with van der Waals surface area (Å²) in [6, 6.07) is 10.3. The first-order valence-electron chi connectivity index (χ1n) is 7.06. The summed E-state index contributed by atoms with van der Waals surface area (Å²) in [5.41, 5.74) is 2.19. The third-order valence-corrected chi connectivity index (χ3v) is 5.02. The van der Waals surface area contributed by atoms with Crippen molar-refractivity contribution in [1.29, 1.82) is 5.26 Å². The van der Waals surface area contributed by atoms with Crippen molar-refractivity contribution >= 4 is 0 Å². The predicted molar refractivity (Wildman–Crippen MR) is 75.5 cm³/mol. The molecule has 2 heterocycles. The minimum Gasteiger partial charge on any atom is -0.316 e. The number of benzene rings is 1. The molecular weight excluding hydrogens is 234 g/mol. The third kappa shape index (κ3) is 2.05. The fourth-order valence-corrected chi connectivity index (χ4v) is 3.75. The van der Waals surface area contributed by atoms with Crippen LogP contribution in [0.15, 0.2) is 24.3 Å². The van der Waals surface area contributed by atoms with E-state index in [-0.39, 0.29) is 5.54 Å². The molecule has 2 aliphatic heterocycles. The molecule has 2 atom stereocenters. The monoisotopic (exact) mass is 255 g/mol. The largest absolute Gasteiger partial charge is 0.316 e. The molecule has 3 nitrogen and oxygen atoms in total. The van der Waals surface area contributed by atoms with Crippen LogP contribution in [0.5, 0.6) is 0 Å². The Bertz CT molecular complexity index is 515. The lowest BCUT2D eigenvalue weighted by Gasteiger charge is -2.35. The highest BCUT2D eigenvalue weighted by atomic mass is 15.2. The Hall–Kier alpha value is -1.37. The van der Waals surface area contributed by atoms with Crippen LogP contribution >= 0.6 is 0 Å². The molecule has 3 heteroatoms. The first-order valence-corrected chi connectivity index (χ1v) is 7.06.